The van der Waals surface area contributed by atoms with E-state index in [0.29, 0.717) is 0 Å². The molecule has 0 radical (unpaired) electrons. The van der Waals surface area contributed by atoms with Crippen molar-refractivity contribution in [3.63, 3.8) is 0 Å². The molecule has 0 bridgehead atoms. The van der Waals surface area contributed by atoms with Gasteiger partial charge in [-0.25, -0.2) is 0 Å². The van der Waals surface area contributed by atoms with Crippen LogP contribution in [0.4, 0.5) is 0 Å². The molecule has 0 spiro atoms. The largest absolute Gasteiger partial charge is 0.179 e. The Hall–Kier alpha value is -18.7. The minimum atomic E-state index is -3.08. The van der Waals surface area contributed by atoms with Gasteiger partial charge >= 0.3 is 0 Å². The van der Waals surface area contributed by atoms with Crippen molar-refractivity contribution in [1.29, 1.82) is 0 Å². The quantitative estimate of drug-likeness (QED) is 0.0650. The maximum absolute atomic E-state index is 3.38. The first kappa shape index (κ1) is 93.1. The third kappa shape index (κ3) is 23.0. The average Bonchev–Trinajstić information content (AvgIpc) is 0.731. The number of benzene rings is 20. The summed E-state index contributed by atoms with van der Waals surface area (Å²) >= 11 is 0. The molecule has 0 saturated carbocycles. The molecule has 0 atom stereocenters. The number of hydrogen-bond donors (Lipinski definition) is 0. The highest BCUT2D eigenvalue weighted by atomic mass is 28.3. The van der Waals surface area contributed by atoms with Crippen molar-refractivity contribution in [3.05, 3.63) is 623 Å². The van der Waals surface area contributed by atoms with E-state index in [4.69, 9.17) is 0 Å². The predicted octanol–water partition coefficient (Wildman–Crippen LogP) is 25.3. The third-order valence-corrected chi connectivity index (χ3v) is 34.0. The molecular weight excluding hydrogens is 1710 g/mol. The topological polar surface area (TPSA) is 0 Å². The predicted molar refractivity (Wildman–Crippen MR) is 595 cm³/mol. The van der Waals surface area contributed by atoms with Gasteiger partial charge < -0.3 is 0 Å². The summed E-state index contributed by atoms with van der Waals surface area (Å²) in [5.41, 5.74) is 24.9. The second-order valence-corrected chi connectivity index (χ2v) is 41.0. The van der Waals surface area contributed by atoms with Crippen LogP contribution in [0.25, 0.3) is 44.5 Å². The lowest BCUT2D eigenvalue weighted by molar-refractivity contribution is 1.58. The van der Waals surface area contributed by atoms with Crippen LogP contribution in [0.3, 0.4) is 0 Å². The van der Waals surface area contributed by atoms with E-state index in [1.54, 1.807) is 0 Å². The maximum atomic E-state index is 3.38. The van der Waals surface area contributed by atoms with E-state index < -0.39 is 16.1 Å². The van der Waals surface area contributed by atoms with E-state index in [2.05, 4.69) is 386 Å². The molecule has 0 aliphatic heterocycles. The first-order valence-corrected chi connectivity index (χ1v) is 50.1. The Morgan fingerprint density at radius 1 is 0.0857 bits per heavy atom. The van der Waals surface area contributed by atoms with E-state index in [-0.39, 0.29) is 14.9 Å². The summed E-state index contributed by atoms with van der Waals surface area (Å²) in [7, 11) is -6.01. The zero-order valence-corrected chi connectivity index (χ0v) is 77.8. The van der Waals surface area contributed by atoms with Crippen molar-refractivity contribution in [2.45, 2.75) is 14.9 Å². The van der Waals surface area contributed by atoms with Crippen molar-refractivity contribution in [2.24, 2.45) is 0 Å². The van der Waals surface area contributed by atoms with E-state index in [9.17, 15) is 0 Å². The molecular formula is C138H96Si2. The summed E-state index contributed by atoms with van der Waals surface area (Å²) in [4.78, 5) is 0. The summed E-state index contributed by atoms with van der Waals surface area (Å²) in [5.74, 6) is 53.4. The third-order valence-electron chi connectivity index (χ3n) is 24.4. The fraction of sp³-hybridized carbons (Fsp3) is 0.0145. The fourth-order valence-electron chi connectivity index (χ4n) is 17.2. The van der Waals surface area contributed by atoms with Gasteiger partial charge in [0.2, 0.25) is 0 Å². The van der Waals surface area contributed by atoms with E-state index in [0.717, 1.165) is 134 Å². The Morgan fingerprint density at radius 3 is 0.271 bits per heavy atom. The lowest BCUT2D eigenvalue weighted by Crippen LogP contribution is -2.74. The molecule has 2 heteroatoms. The SMILES string of the molecule is C.C.C(#Cc1ccc(-c2ccc([Si](c3ccc(-c4ccc(C#Cc5ccccc5)cc4)cc3)(c3ccc(-c4ccc(C#Cc5ccccc5)cc4)cc3)c3ccc(-c4ccc(C#Cc5ccccc5)cc4)cc3)cc2)cc1)c1ccccc1.C(#Cc1ccc([Si](c2ccc(C#Cc3ccccc3)cc2)(c2ccc(C#Cc3ccccc3)cc2)c2ccc(C#Cc3ccccc3)cc2)cc1)c1ccccc1. The molecule has 0 aromatic heterocycles. The van der Waals surface area contributed by atoms with Gasteiger partial charge in [0.1, 0.15) is 0 Å². The minimum absolute atomic E-state index is 0. The Morgan fingerprint density at radius 2 is 0.164 bits per heavy atom. The van der Waals surface area contributed by atoms with Gasteiger partial charge in [-0.3, -0.25) is 0 Å². The zero-order valence-electron chi connectivity index (χ0n) is 75.8. The Labute approximate surface area is 828 Å². The molecule has 20 rings (SSSR count). The molecule has 0 saturated heterocycles. The van der Waals surface area contributed by atoms with E-state index in [1.165, 1.54) is 41.5 Å². The second kappa shape index (κ2) is 45.8. The van der Waals surface area contributed by atoms with Gasteiger partial charge in [-0.2, -0.15) is 0 Å². The molecule has 0 nitrogen and oxygen atoms in total. The molecule has 20 aromatic rings. The maximum Gasteiger partial charge on any atom is 0.179 e. The fourth-order valence-corrected chi connectivity index (χ4v) is 26.5. The molecule has 0 N–H and O–H groups in total. The number of rotatable bonds is 12. The zero-order chi connectivity index (χ0) is 93.0. The van der Waals surface area contributed by atoms with Crippen LogP contribution in [-0.2, 0) is 0 Å². The molecule has 0 fully saturated rings. The van der Waals surface area contributed by atoms with E-state index >= 15 is 0 Å². The van der Waals surface area contributed by atoms with Crippen molar-refractivity contribution < 1.29 is 0 Å². The smallest absolute Gasteiger partial charge is 0.0776 e. The summed E-state index contributed by atoms with van der Waals surface area (Å²) in [6.07, 6.45) is 0. The van der Waals surface area contributed by atoms with Crippen molar-refractivity contribution in [3.8, 4) is 139 Å². The van der Waals surface area contributed by atoms with Crippen LogP contribution >= 0.6 is 0 Å². The Kier molecular flexibility index (Phi) is 30.5. The first-order valence-electron chi connectivity index (χ1n) is 46.1. The molecule has 0 amide bonds. The summed E-state index contributed by atoms with van der Waals surface area (Å²) in [6, 6.07) is 188. The van der Waals surface area contributed by atoms with Crippen molar-refractivity contribution >= 4 is 57.6 Å². The van der Waals surface area contributed by atoms with Crippen LogP contribution in [0, 0.1) is 94.7 Å². The van der Waals surface area contributed by atoms with Gasteiger partial charge in [0.15, 0.2) is 16.1 Å². The van der Waals surface area contributed by atoms with Crippen LogP contribution in [0.1, 0.15) is 104 Å². The average molecular weight is 1810 g/mol. The molecule has 20 aromatic carbocycles. The second-order valence-electron chi connectivity index (χ2n) is 33.4. The highest BCUT2D eigenvalue weighted by Crippen LogP contribution is 2.28. The van der Waals surface area contributed by atoms with Crippen LogP contribution in [0.2, 0.25) is 0 Å². The van der Waals surface area contributed by atoms with Gasteiger partial charge in [0.05, 0.1) is 0 Å². The highest BCUT2D eigenvalue weighted by molar-refractivity contribution is 7.20. The molecule has 0 aliphatic rings. The summed E-state index contributed by atoms with van der Waals surface area (Å²) < 4.78 is 0. The minimum Gasteiger partial charge on any atom is -0.0776 e. The van der Waals surface area contributed by atoms with Gasteiger partial charge in [-0.15, -0.1) is 0 Å². The van der Waals surface area contributed by atoms with Crippen molar-refractivity contribution in [1.82, 2.24) is 0 Å². The molecule has 0 heterocycles. The van der Waals surface area contributed by atoms with Gasteiger partial charge in [-0.1, -0.05) is 449 Å². The van der Waals surface area contributed by atoms with E-state index in [1.807, 2.05) is 243 Å². The van der Waals surface area contributed by atoms with Crippen LogP contribution in [0.5, 0.6) is 0 Å². The van der Waals surface area contributed by atoms with Crippen LogP contribution in [-0.4, -0.2) is 16.1 Å². The highest BCUT2D eigenvalue weighted by Gasteiger charge is 2.43. The summed E-state index contributed by atoms with van der Waals surface area (Å²) in [5, 5.41) is 10.2. The number of hydrogen-bond acceptors (Lipinski definition) is 0. The standard InChI is InChI=1S/C80H52Si.C56H36Si.2CH4/c1-5-13-61(14-6-1)21-25-65-29-37-69(38-30-65)73-45-53-77(54-46-73)81(78-55-47-74(48-56-78)70-39-31-66(32-40-70)26-22-62-15-7-2-8-16-62,79-57-49-75(50-58-79)71-41-33-67(34-42-71)27-23-63-17-9-3-10-18-63)80-59-51-76(52-60-80)72-43-35-68(36-44-72)28-24-64-19-11-4-12-20-64;1-5-13-45(14-6-1)21-25-49-29-37-53(38-30-49)57(54-39-31-50(32-40-54)26-22-46-15-7-2-8-16-46,55-41-33-51(34-42-55)27-23-47-17-9-3-10-18-47)56-43-35-52(36-44-56)28-24-48-19-11-4-12-20-48;;/h1-20,29-60H;1-20,29-44H;2*1H4. The van der Waals surface area contributed by atoms with Gasteiger partial charge in [0.25, 0.3) is 0 Å². The normalized spacial score (nSPS) is 10.3. The van der Waals surface area contributed by atoms with Crippen LogP contribution in [0.15, 0.2) is 534 Å². The Bertz CT molecular complexity index is 7140. The molecule has 0 unspecified atom stereocenters. The Balaban J connectivity index is 0.000000202. The van der Waals surface area contributed by atoms with Crippen molar-refractivity contribution in [2.75, 3.05) is 0 Å². The monoisotopic (exact) mass is 1810 g/mol. The molecule has 140 heavy (non-hydrogen) atoms. The van der Waals surface area contributed by atoms with Crippen LogP contribution < -0.4 is 41.5 Å². The van der Waals surface area contributed by atoms with Gasteiger partial charge in [-0.05, 0) is 280 Å². The molecule has 656 valence electrons. The molecule has 0 aliphatic carbocycles. The van der Waals surface area contributed by atoms with Gasteiger partial charge in [0, 0.05) is 89.0 Å². The lowest BCUT2D eigenvalue weighted by Gasteiger charge is -2.35. The lowest BCUT2D eigenvalue weighted by atomic mass is 10.0. The first-order chi connectivity index (χ1) is 68.3. The summed E-state index contributed by atoms with van der Waals surface area (Å²) in [6.45, 7) is 0.